The normalized spacial score (nSPS) is 11.6. The lowest BCUT2D eigenvalue weighted by atomic mass is 9.90. The van der Waals surface area contributed by atoms with Crippen molar-refractivity contribution in [3.05, 3.63) is 34.4 Å². The third kappa shape index (κ3) is 3.26. The molecule has 0 radical (unpaired) electrons. The summed E-state index contributed by atoms with van der Waals surface area (Å²) in [5.74, 6) is -1.08. The van der Waals surface area contributed by atoms with E-state index in [4.69, 9.17) is 5.11 Å². The number of H-pyrrole nitrogens is 1. The van der Waals surface area contributed by atoms with Gasteiger partial charge in [-0.3, -0.25) is 9.59 Å². The SMILES string of the molecule is CC(C)(CCNC(=O)c1c[nH]c2cccc(Br)c12)C(=O)O. The number of fused-ring (bicyclic) bond motifs is 1. The van der Waals surface area contributed by atoms with Gasteiger partial charge in [-0.15, -0.1) is 0 Å². The van der Waals surface area contributed by atoms with E-state index >= 15 is 0 Å². The molecule has 0 aliphatic heterocycles. The van der Waals surface area contributed by atoms with Crippen LogP contribution < -0.4 is 5.32 Å². The second-order valence-electron chi connectivity index (χ2n) is 5.56. The van der Waals surface area contributed by atoms with Crippen molar-refractivity contribution >= 4 is 38.7 Å². The molecule has 0 atom stereocenters. The van der Waals surface area contributed by atoms with Gasteiger partial charge in [-0.05, 0) is 32.4 Å². The monoisotopic (exact) mass is 352 g/mol. The Labute approximate surface area is 130 Å². The number of hydrogen-bond donors (Lipinski definition) is 3. The molecule has 0 fully saturated rings. The number of hydrogen-bond acceptors (Lipinski definition) is 2. The van der Waals surface area contributed by atoms with Crippen LogP contribution in [0.3, 0.4) is 0 Å². The maximum atomic E-state index is 12.2. The van der Waals surface area contributed by atoms with Crippen molar-refractivity contribution in [2.45, 2.75) is 20.3 Å². The Morgan fingerprint density at radius 1 is 1.38 bits per heavy atom. The number of rotatable bonds is 5. The molecule has 0 saturated heterocycles. The molecule has 0 bridgehead atoms. The third-order valence-corrected chi connectivity index (χ3v) is 4.17. The second-order valence-corrected chi connectivity index (χ2v) is 6.41. The molecule has 0 aliphatic carbocycles. The number of benzene rings is 1. The van der Waals surface area contributed by atoms with Gasteiger partial charge in [0.1, 0.15) is 0 Å². The minimum atomic E-state index is -0.869. The van der Waals surface area contributed by atoms with E-state index in [1.807, 2.05) is 18.2 Å². The Balaban J connectivity index is 2.08. The van der Waals surface area contributed by atoms with E-state index in [2.05, 4.69) is 26.2 Å². The molecule has 1 amide bonds. The van der Waals surface area contributed by atoms with Crippen LogP contribution in [0.1, 0.15) is 30.6 Å². The van der Waals surface area contributed by atoms with E-state index < -0.39 is 11.4 Å². The average Bonchev–Trinajstić information content (AvgIpc) is 2.83. The predicted octanol–water partition coefficient (Wildman–Crippen LogP) is 3.16. The van der Waals surface area contributed by atoms with Gasteiger partial charge >= 0.3 is 5.97 Å². The fourth-order valence-electron chi connectivity index (χ4n) is 2.01. The highest BCUT2D eigenvalue weighted by molar-refractivity contribution is 9.10. The molecule has 21 heavy (non-hydrogen) atoms. The fraction of sp³-hybridized carbons (Fsp3) is 0.333. The molecule has 0 unspecified atom stereocenters. The second kappa shape index (κ2) is 5.89. The topological polar surface area (TPSA) is 82.2 Å². The first kappa shape index (κ1) is 15.6. The Kier molecular flexibility index (Phi) is 4.37. The van der Waals surface area contributed by atoms with E-state index in [9.17, 15) is 9.59 Å². The van der Waals surface area contributed by atoms with Gasteiger partial charge in [0.05, 0.1) is 11.0 Å². The number of aliphatic carboxylic acids is 1. The Bertz CT molecular complexity index is 691. The number of aromatic amines is 1. The lowest BCUT2D eigenvalue weighted by Crippen LogP contribution is -2.31. The van der Waals surface area contributed by atoms with Gasteiger partial charge in [-0.2, -0.15) is 0 Å². The summed E-state index contributed by atoms with van der Waals surface area (Å²) in [6.07, 6.45) is 2.03. The molecule has 2 rings (SSSR count). The van der Waals surface area contributed by atoms with Crippen LogP contribution in [0.15, 0.2) is 28.9 Å². The van der Waals surface area contributed by atoms with E-state index in [1.165, 1.54) is 0 Å². The van der Waals surface area contributed by atoms with Crippen molar-refractivity contribution < 1.29 is 14.7 Å². The van der Waals surface area contributed by atoms with Gasteiger partial charge in [-0.1, -0.05) is 22.0 Å². The molecule has 2 aromatic rings. The molecular formula is C15H17BrN2O3. The summed E-state index contributed by atoms with van der Waals surface area (Å²) < 4.78 is 0.845. The van der Waals surface area contributed by atoms with Crippen LogP contribution in [-0.4, -0.2) is 28.5 Å². The third-order valence-electron chi connectivity index (χ3n) is 3.51. The highest BCUT2D eigenvalue weighted by Crippen LogP contribution is 2.27. The molecule has 0 saturated carbocycles. The lowest BCUT2D eigenvalue weighted by molar-refractivity contribution is -0.147. The summed E-state index contributed by atoms with van der Waals surface area (Å²) in [5, 5.41) is 12.6. The number of halogens is 1. The van der Waals surface area contributed by atoms with Crippen LogP contribution in [0.5, 0.6) is 0 Å². The largest absolute Gasteiger partial charge is 0.481 e. The van der Waals surface area contributed by atoms with Gasteiger partial charge in [0, 0.05) is 28.1 Å². The molecule has 1 aromatic heterocycles. The van der Waals surface area contributed by atoms with E-state index in [-0.39, 0.29) is 5.91 Å². The zero-order chi connectivity index (χ0) is 15.6. The number of carboxylic acids is 1. The molecule has 1 aromatic carbocycles. The molecule has 1 heterocycles. The fourth-order valence-corrected chi connectivity index (χ4v) is 2.59. The smallest absolute Gasteiger partial charge is 0.309 e. The van der Waals surface area contributed by atoms with E-state index in [1.54, 1.807) is 20.0 Å². The number of carboxylic acid groups (broad SMARTS) is 1. The minimum Gasteiger partial charge on any atom is -0.481 e. The van der Waals surface area contributed by atoms with Gasteiger partial charge < -0.3 is 15.4 Å². The first-order chi connectivity index (χ1) is 9.83. The number of nitrogens with one attached hydrogen (secondary N) is 2. The Hall–Kier alpha value is -1.82. The number of carbonyl (C=O) groups excluding carboxylic acids is 1. The summed E-state index contributed by atoms with van der Waals surface area (Å²) in [6.45, 7) is 3.60. The maximum Gasteiger partial charge on any atom is 0.309 e. The van der Waals surface area contributed by atoms with E-state index in [0.717, 1.165) is 15.4 Å². The Morgan fingerprint density at radius 2 is 2.10 bits per heavy atom. The number of amides is 1. The maximum absolute atomic E-state index is 12.2. The van der Waals surface area contributed by atoms with Gasteiger partial charge in [-0.25, -0.2) is 0 Å². The summed E-state index contributed by atoms with van der Waals surface area (Å²) in [4.78, 5) is 26.3. The van der Waals surface area contributed by atoms with Gasteiger partial charge in [0.2, 0.25) is 0 Å². The standard InChI is InChI=1S/C15H17BrN2O3/c1-15(2,14(20)21)6-7-17-13(19)9-8-18-11-5-3-4-10(16)12(9)11/h3-5,8,18H,6-7H2,1-2H3,(H,17,19)(H,20,21). The zero-order valence-electron chi connectivity index (χ0n) is 11.9. The van der Waals surface area contributed by atoms with E-state index in [0.29, 0.717) is 18.5 Å². The first-order valence-corrected chi connectivity index (χ1v) is 7.39. The summed E-state index contributed by atoms with van der Waals surface area (Å²) in [6, 6.07) is 5.66. The van der Waals surface area contributed by atoms with Crippen LogP contribution in [-0.2, 0) is 4.79 Å². The molecule has 0 aliphatic rings. The minimum absolute atomic E-state index is 0.214. The van der Waals surface area contributed by atoms with Crippen molar-refractivity contribution in [2.24, 2.45) is 5.41 Å². The highest BCUT2D eigenvalue weighted by atomic mass is 79.9. The molecule has 5 nitrogen and oxygen atoms in total. The zero-order valence-corrected chi connectivity index (χ0v) is 13.5. The van der Waals surface area contributed by atoms with Gasteiger partial charge in [0.15, 0.2) is 0 Å². The molecule has 112 valence electrons. The van der Waals surface area contributed by atoms with Crippen molar-refractivity contribution in [1.82, 2.24) is 10.3 Å². The van der Waals surface area contributed by atoms with Crippen LogP contribution >= 0.6 is 15.9 Å². The van der Waals surface area contributed by atoms with Crippen molar-refractivity contribution in [2.75, 3.05) is 6.54 Å². The van der Waals surface area contributed by atoms with Crippen LogP contribution in [0, 0.1) is 5.41 Å². The van der Waals surface area contributed by atoms with Crippen molar-refractivity contribution in [1.29, 1.82) is 0 Å². The number of aromatic nitrogens is 1. The van der Waals surface area contributed by atoms with Crippen molar-refractivity contribution in [3.63, 3.8) is 0 Å². The van der Waals surface area contributed by atoms with Crippen LogP contribution in [0.25, 0.3) is 10.9 Å². The molecular weight excluding hydrogens is 336 g/mol. The average molecular weight is 353 g/mol. The number of carbonyl (C=O) groups is 2. The molecule has 0 spiro atoms. The van der Waals surface area contributed by atoms with Crippen molar-refractivity contribution in [3.8, 4) is 0 Å². The predicted molar refractivity (Wildman–Crippen MR) is 84.4 cm³/mol. The Morgan fingerprint density at radius 3 is 2.76 bits per heavy atom. The molecule has 3 N–H and O–H groups in total. The first-order valence-electron chi connectivity index (χ1n) is 6.60. The quantitative estimate of drug-likeness (QED) is 0.772. The summed E-state index contributed by atoms with van der Waals surface area (Å²) in [5.41, 5.74) is 0.569. The summed E-state index contributed by atoms with van der Waals surface area (Å²) >= 11 is 3.44. The lowest BCUT2D eigenvalue weighted by Gasteiger charge is -2.18. The molecule has 6 heteroatoms. The highest BCUT2D eigenvalue weighted by Gasteiger charge is 2.26. The van der Waals surface area contributed by atoms with Crippen LogP contribution in [0.4, 0.5) is 0 Å². The summed E-state index contributed by atoms with van der Waals surface area (Å²) in [7, 11) is 0. The van der Waals surface area contributed by atoms with Crippen LogP contribution in [0.2, 0.25) is 0 Å². The van der Waals surface area contributed by atoms with Gasteiger partial charge in [0.25, 0.3) is 5.91 Å².